The average molecular weight is 381 g/mol. The van der Waals surface area contributed by atoms with Gasteiger partial charge in [-0.05, 0) is 43.4 Å². The zero-order valence-electron chi connectivity index (χ0n) is 15.3. The number of halogens is 3. The highest BCUT2D eigenvalue weighted by atomic mass is 19.4. The standard InChI is InChI=1S/C19H22F3N3O2/c1-12-16(17(19(20,21)22)24-25(12)2)14-4-3-5-15(10-14)18(26)23-8-6-13-7-9-27-11-13/h3-5,10,13H,6-9,11H2,1-2H3,(H,23,26)/t13-/m1/s1. The van der Waals surface area contributed by atoms with E-state index in [0.29, 0.717) is 35.9 Å². The first-order valence-corrected chi connectivity index (χ1v) is 8.84. The van der Waals surface area contributed by atoms with E-state index in [-0.39, 0.29) is 11.5 Å². The molecule has 1 aromatic carbocycles. The molecule has 1 fully saturated rings. The molecule has 0 saturated carbocycles. The summed E-state index contributed by atoms with van der Waals surface area (Å²) < 4.78 is 46.5. The predicted molar refractivity (Wildman–Crippen MR) is 94.3 cm³/mol. The summed E-state index contributed by atoms with van der Waals surface area (Å²) >= 11 is 0. The number of hydrogen-bond acceptors (Lipinski definition) is 3. The van der Waals surface area contributed by atoms with Crippen molar-refractivity contribution in [3.05, 3.63) is 41.2 Å². The van der Waals surface area contributed by atoms with Crippen LogP contribution >= 0.6 is 0 Å². The molecule has 1 atom stereocenters. The lowest BCUT2D eigenvalue weighted by Crippen LogP contribution is -2.26. The van der Waals surface area contributed by atoms with E-state index in [2.05, 4.69) is 10.4 Å². The van der Waals surface area contributed by atoms with Gasteiger partial charge < -0.3 is 10.1 Å². The normalized spacial score (nSPS) is 17.3. The number of alkyl halides is 3. The van der Waals surface area contributed by atoms with E-state index in [9.17, 15) is 18.0 Å². The zero-order chi connectivity index (χ0) is 19.6. The Labute approximate surface area is 155 Å². The van der Waals surface area contributed by atoms with Crippen LogP contribution in [0.15, 0.2) is 24.3 Å². The summed E-state index contributed by atoms with van der Waals surface area (Å²) in [6.45, 7) is 3.56. The smallest absolute Gasteiger partial charge is 0.381 e. The van der Waals surface area contributed by atoms with Crippen molar-refractivity contribution in [3.63, 3.8) is 0 Å². The minimum absolute atomic E-state index is 0.00255. The van der Waals surface area contributed by atoms with Crippen molar-refractivity contribution in [1.82, 2.24) is 15.1 Å². The van der Waals surface area contributed by atoms with Gasteiger partial charge in [-0.25, -0.2) is 0 Å². The summed E-state index contributed by atoms with van der Waals surface area (Å²) in [4.78, 5) is 12.4. The summed E-state index contributed by atoms with van der Waals surface area (Å²) in [7, 11) is 1.47. The van der Waals surface area contributed by atoms with Gasteiger partial charge in [0.15, 0.2) is 5.69 Å². The van der Waals surface area contributed by atoms with E-state index in [1.54, 1.807) is 25.1 Å². The fourth-order valence-corrected chi connectivity index (χ4v) is 3.27. The van der Waals surface area contributed by atoms with E-state index < -0.39 is 11.9 Å². The molecule has 3 rings (SSSR count). The second kappa shape index (κ2) is 7.72. The Morgan fingerprint density at radius 1 is 1.41 bits per heavy atom. The fourth-order valence-electron chi connectivity index (χ4n) is 3.27. The van der Waals surface area contributed by atoms with Gasteiger partial charge in [-0.2, -0.15) is 18.3 Å². The second-order valence-electron chi connectivity index (χ2n) is 6.79. The minimum atomic E-state index is -4.57. The number of amides is 1. The lowest BCUT2D eigenvalue weighted by molar-refractivity contribution is -0.140. The van der Waals surface area contributed by atoms with E-state index in [0.717, 1.165) is 19.4 Å². The molecular formula is C19H22F3N3O2. The number of carbonyl (C=O) groups is 1. The summed E-state index contributed by atoms with van der Waals surface area (Å²) in [6, 6.07) is 6.22. The maximum absolute atomic E-state index is 13.3. The molecule has 146 valence electrons. The number of nitrogens with one attached hydrogen (secondary N) is 1. The average Bonchev–Trinajstić information content (AvgIpc) is 3.23. The molecule has 0 bridgehead atoms. The Morgan fingerprint density at radius 3 is 2.85 bits per heavy atom. The molecule has 1 amide bonds. The molecular weight excluding hydrogens is 359 g/mol. The van der Waals surface area contributed by atoms with Crippen molar-refractivity contribution in [2.75, 3.05) is 19.8 Å². The summed E-state index contributed by atoms with van der Waals surface area (Å²) in [5, 5.41) is 6.44. The van der Waals surface area contributed by atoms with Crippen LogP contribution in [0.4, 0.5) is 13.2 Å². The van der Waals surface area contributed by atoms with E-state index in [4.69, 9.17) is 4.74 Å². The Morgan fingerprint density at radius 2 is 2.19 bits per heavy atom. The fraction of sp³-hybridized carbons (Fsp3) is 0.474. The molecule has 1 N–H and O–H groups in total. The predicted octanol–water partition coefficient (Wildman–Crippen LogP) is 3.57. The monoisotopic (exact) mass is 381 g/mol. The maximum Gasteiger partial charge on any atom is 0.435 e. The molecule has 1 aliphatic heterocycles. The molecule has 27 heavy (non-hydrogen) atoms. The van der Waals surface area contributed by atoms with Crippen LogP contribution in [0.3, 0.4) is 0 Å². The van der Waals surface area contributed by atoms with Crippen LogP contribution in [0, 0.1) is 12.8 Å². The van der Waals surface area contributed by atoms with Crippen molar-refractivity contribution in [1.29, 1.82) is 0 Å². The number of nitrogens with zero attached hydrogens (tertiary/aromatic N) is 2. The molecule has 8 heteroatoms. The number of benzene rings is 1. The maximum atomic E-state index is 13.3. The van der Waals surface area contributed by atoms with Crippen LogP contribution in [0.2, 0.25) is 0 Å². The molecule has 1 aliphatic rings. The van der Waals surface area contributed by atoms with Crippen LogP contribution in [0.5, 0.6) is 0 Å². The van der Waals surface area contributed by atoms with E-state index >= 15 is 0 Å². The van der Waals surface area contributed by atoms with Gasteiger partial charge in [-0.1, -0.05) is 12.1 Å². The van der Waals surface area contributed by atoms with Crippen molar-refractivity contribution in [3.8, 4) is 11.1 Å². The third-order valence-corrected chi connectivity index (χ3v) is 4.88. The molecule has 0 unspecified atom stereocenters. The first-order chi connectivity index (χ1) is 12.8. The van der Waals surface area contributed by atoms with E-state index in [1.807, 2.05) is 0 Å². The number of rotatable bonds is 5. The van der Waals surface area contributed by atoms with Crippen molar-refractivity contribution >= 4 is 5.91 Å². The van der Waals surface area contributed by atoms with Gasteiger partial charge in [0, 0.05) is 43.6 Å². The van der Waals surface area contributed by atoms with Gasteiger partial charge in [-0.3, -0.25) is 9.48 Å². The highest BCUT2D eigenvalue weighted by Crippen LogP contribution is 2.38. The first kappa shape index (κ1) is 19.4. The molecule has 0 spiro atoms. The van der Waals surface area contributed by atoms with Gasteiger partial charge in [-0.15, -0.1) is 0 Å². The highest BCUT2D eigenvalue weighted by Gasteiger charge is 2.38. The first-order valence-electron chi connectivity index (χ1n) is 8.84. The largest absolute Gasteiger partial charge is 0.435 e. The van der Waals surface area contributed by atoms with Crippen LogP contribution in [-0.4, -0.2) is 35.4 Å². The molecule has 5 nitrogen and oxygen atoms in total. The Balaban J connectivity index is 1.78. The van der Waals surface area contributed by atoms with Crippen LogP contribution in [-0.2, 0) is 18.0 Å². The molecule has 1 saturated heterocycles. The van der Waals surface area contributed by atoms with Crippen LogP contribution in [0.1, 0.15) is 34.6 Å². The molecule has 2 heterocycles. The highest BCUT2D eigenvalue weighted by molar-refractivity contribution is 5.95. The molecule has 0 radical (unpaired) electrons. The minimum Gasteiger partial charge on any atom is -0.381 e. The second-order valence-corrected chi connectivity index (χ2v) is 6.79. The van der Waals surface area contributed by atoms with Crippen molar-refractivity contribution < 1.29 is 22.7 Å². The Kier molecular flexibility index (Phi) is 5.55. The Bertz CT molecular complexity index is 824. The molecule has 2 aromatic rings. The van der Waals surface area contributed by atoms with Gasteiger partial charge in [0.05, 0.1) is 0 Å². The van der Waals surface area contributed by atoms with E-state index in [1.165, 1.54) is 17.8 Å². The van der Waals surface area contributed by atoms with Crippen LogP contribution in [0.25, 0.3) is 11.1 Å². The summed E-state index contributed by atoms with van der Waals surface area (Å²) in [6.07, 6.45) is -2.75. The van der Waals surface area contributed by atoms with Gasteiger partial charge in [0.25, 0.3) is 5.91 Å². The summed E-state index contributed by atoms with van der Waals surface area (Å²) in [5.41, 5.74) is 0.0986. The third-order valence-electron chi connectivity index (χ3n) is 4.88. The lowest BCUT2D eigenvalue weighted by atomic mass is 10.00. The number of ether oxygens (including phenoxy) is 1. The quantitative estimate of drug-likeness (QED) is 0.862. The number of aryl methyl sites for hydroxylation is 1. The summed E-state index contributed by atoms with van der Waals surface area (Å²) in [5.74, 6) is 0.148. The molecule has 1 aromatic heterocycles. The van der Waals surface area contributed by atoms with Crippen LogP contribution < -0.4 is 5.32 Å². The zero-order valence-corrected chi connectivity index (χ0v) is 15.3. The topological polar surface area (TPSA) is 56.1 Å². The lowest BCUT2D eigenvalue weighted by Gasteiger charge is -2.11. The van der Waals surface area contributed by atoms with Crippen molar-refractivity contribution in [2.45, 2.75) is 25.9 Å². The third kappa shape index (κ3) is 4.32. The number of carbonyl (C=O) groups excluding carboxylic acids is 1. The number of hydrogen-bond donors (Lipinski definition) is 1. The van der Waals surface area contributed by atoms with Gasteiger partial charge in [0.2, 0.25) is 0 Å². The SMILES string of the molecule is Cc1c(-c2cccc(C(=O)NCC[C@@H]3CCOC3)c2)c(C(F)(F)F)nn1C. The van der Waals surface area contributed by atoms with Crippen molar-refractivity contribution in [2.24, 2.45) is 13.0 Å². The molecule has 0 aliphatic carbocycles. The van der Waals surface area contributed by atoms with Gasteiger partial charge >= 0.3 is 6.18 Å². The Hall–Kier alpha value is -2.35. The van der Waals surface area contributed by atoms with Gasteiger partial charge in [0.1, 0.15) is 0 Å². The number of aromatic nitrogens is 2.